The maximum atomic E-state index is 14.0. The van der Waals surface area contributed by atoms with Gasteiger partial charge in [0, 0.05) is 15.9 Å². The molecule has 5 heteroatoms. The molecule has 0 atom stereocenters. The molecule has 2 aromatic rings. The van der Waals surface area contributed by atoms with E-state index in [4.69, 9.17) is 16.3 Å². The molecule has 0 fully saturated rings. The molecular formula is C17H18BrClF2O. The van der Waals surface area contributed by atoms with Gasteiger partial charge in [-0.3, -0.25) is 0 Å². The second-order valence-electron chi connectivity index (χ2n) is 4.20. The zero-order valence-electron chi connectivity index (χ0n) is 12.7. The zero-order chi connectivity index (χ0) is 16.7. The summed E-state index contributed by atoms with van der Waals surface area (Å²) < 4.78 is 33.6. The van der Waals surface area contributed by atoms with Crippen molar-refractivity contribution in [3.63, 3.8) is 0 Å². The maximum Gasteiger partial charge on any atom is 0.200 e. The molecule has 0 aliphatic carbocycles. The lowest BCUT2D eigenvalue weighted by Crippen LogP contribution is -2.01. The molecular weight excluding hydrogens is 374 g/mol. The van der Waals surface area contributed by atoms with E-state index in [1.807, 2.05) is 13.8 Å². The first-order chi connectivity index (χ1) is 10.5. The topological polar surface area (TPSA) is 9.23 Å². The molecule has 1 nitrogen and oxygen atoms in total. The van der Waals surface area contributed by atoms with Gasteiger partial charge in [-0.1, -0.05) is 47.4 Å². The van der Waals surface area contributed by atoms with Crippen molar-refractivity contribution >= 4 is 27.5 Å². The number of ether oxygens (including phenoxy) is 1. The monoisotopic (exact) mass is 390 g/mol. The van der Waals surface area contributed by atoms with Crippen molar-refractivity contribution in [1.82, 2.24) is 0 Å². The van der Waals surface area contributed by atoms with Crippen LogP contribution in [0.4, 0.5) is 8.78 Å². The third-order valence-electron chi connectivity index (χ3n) is 2.82. The van der Waals surface area contributed by atoms with Crippen molar-refractivity contribution in [1.29, 1.82) is 0 Å². The summed E-state index contributed by atoms with van der Waals surface area (Å²) in [5, 5.41) is 0.516. The van der Waals surface area contributed by atoms with Crippen molar-refractivity contribution in [2.24, 2.45) is 0 Å². The van der Waals surface area contributed by atoms with Crippen molar-refractivity contribution in [3.05, 3.63) is 62.6 Å². The summed E-state index contributed by atoms with van der Waals surface area (Å²) in [5.41, 5.74) is 0.967. The molecule has 0 saturated heterocycles. The lowest BCUT2D eigenvalue weighted by molar-refractivity contribution is 0.313. The molecule has 0 aliphatic rings. The van der Waals surface area contributed by atoms with Crippen LogP contribution in [0.25, 0.3) is 0 Å². The molecule has 0 saturated carbocycles. The number of hydrogen-bond acceptors (Lipinski definition) is 1. The SMILES string of the molecule is CC.CCOc1ccc(Cc2cc(Br)ccc2Cl)c(F)c1F. The Morgan fingerprint density at radius 3 is 2.36 bits per heavy atom. The van der Waals surface area contributed by atoms with Gasteiger partial charge in [-0.2, -0.15) is 4.39 Å². The summed E-state index contributed by atoms with van der Waals surface area (Å²) in [6.45, 7) is 6.00. The van der Waals surface area contributed by atoms with Gasteiger partial charge in [0.2, 0.25) is 5.82 Å². The summed E-state index contributed by atoms with van der Waals surface area (Å²) in [5.74, 6) is -1.93. The second kappa shape index (κ2) is 9.11. The van der Waals surface area contributed by atoms with Gasteiger partial charge in [0.05, 0.1) is 6.61 Å². The van der Waals surface area contributed by atoms with Gasteiger partial charge < -0.3 is 4.74 Å². The van der Waals surface area contributed by atoms with E-state index in [0.29, 0.717) is 5.02 Å². The smallest absolute Gasteiger partial charge is 0.200 e. The fourth-order valence-corrected chi connectivity index (χ4v) is 2.45. The predicted octanol–water partition coefficient (Wildman–Crippen LogP) is 6.40. The van der Waals surface area contributed by atoms with Crippen LogP contribution in [-0.2, 0) is 6.42 Å². The standard InChI is InChI=1S/C15H12BrClF2O.C2H6/c1-2-20-13-6-3-9(14(18)15(13)19)7-10-8-11(16)4-5-12(10)17;1-2/h3-6,8H,2,7H2,1H3;1-2H3. The van der Waals surface area contributed by atoms with E-state index in [-0.39, 0.29) is 24.3 Å². The van der Waals surface area contributed by atoms with Crippen LogP contribution in [0.3, 0.4) is 0 Å². The predicted molar refractivity (Wildman–Crippen MR) is 90.8 cm³/mol. The highest BCUT2D eigenvalue weighted by molar-refractivity contribution is 9.10. The van der Waals surface area contributed by atoms with Crippen LogP contribution in [0, 0.1) is 11.6 Å². The number of halogens is 4. The zero-order valence-corrected chi connectivity index (χ0v) is 15.1. The Morgan fingerprint density at radius 2 is 1.73 bits per heavy atom. The van der Waals surface area contributed by atoms with E-state index < -0.39 is 11.6 Å². The molecule has 120 valence electrons. The highest BCUT2D eigenvalue weighted by Gasteiger charge is 2.15. The van der Waals surface area contributed by atoms with Crippen LogP contribution >= 0.6 is 27.5 Å². The van der Waals surface area contributed by atoms with E-state index in [0.717, 1.165) is 10.0 Å². The van der Waals surface area contributed by atoms with Crippen LogP contribution in [0.2, 0.25) is 5.02 Å². The van der Waals surface area contributed by atoms with E-state index in [2.05, 4.69) is 15.9 Å². The van der Waals surface area contributed by atoms with Crippen LogP contribution in [0.1, 0.15) is 31.9 Å². The average molecular weight is 392 g/mol. The Balaban J connectivity index is 0.00000116. The largest absolute Gasteiger partial charge is 0.491 e. The van der Waals surface area contributed by atoms with Gasteiger partial charge >= 0.3 is 0 Å². The number of rotatable bonds is 4. The van der Waals surface area contributed by atoms with Gasteiger partial charge in [0.25, 0.3) is 0 Å². The van der Waals surface area contributed by atoms with Crippen molar-refractivity contribution < 1.29 is 13.5 Å². The summed E-state index contributed by atoms with van der Waals surface area (Å²) in [4.78, 5) is 0. The lowest BCUT2D eigenvalue weighted by atomic mass is 10.0. The molecule has 0 bridgehead atoms. The molecule has 0 heterocycles. The van der Waals surface area contributed by atoms with Crippen molar-refractivity contribution in [2.45, 2.75) is 27.2 Å². The van der Waals surface area contributed by atoms with Crippen LogP contribution in [-0.4, -0.2) is 6.61 Å². The van der Waals surface area contributed by atoms with E-state index >= 15 is 0 Å². The second-order valence-corrected chi connectivity index (χ2v) is 5.52. The summed E-state index contributed by atoms with van der Waals surface area (Å²) in [6.07, 6.45) is 0.216. The molecule has 0 unspecified atom stereocenters. The Kier molecular flexibility index (Phi) is 7.83. The Morgan fingerprint density at radius 1 is 1.05 bits per heavy atom. The first-order valence-electron chi connectivity index (χ1n) is 7.06. The highest BCUT2D eigenvalue weighted by atomic mass is 79.9. The summed E-state index contributed by atoms with van der Waals surface area (Å²) >= 11 is 9.39. The van der Waals surface area contributed by atoms with Gasteiger partial charge in [-0.25, -0.2) is 4.39 Å². The molecule has 0 aromatic heterocycles. The summed E-state index contributed by atoms with van der Waals surface area (Å²) in [6, 6.07) is 8.24. The molecule has 2 aromatic carbocycles. The Bertz CT molecular complexity index is 632. The first kappa shape index (κ1) is 18.9. The minimum atomic E-state index is -0.963. The molecule has 0 radical (unpaired) electrons. The average Bonchev–Trinajstić information content (AvgIpc) is 2.52. The van der Waals surface area contributed by atoms with E-state index in [1.165, 1.54) is 12.1 Å². The Hall–Kier alpha value is -1.13. The van der Waals surface area contributed by atoms with Gasteiger partial charge in [0.15, 0.2) is 11.6 Å². The minimum Gasteiger partial charge on any atom is -0.491 e. The van der Waals surface area contributed by atoms with E-state index in [1.54, 1.807) is 25.1 Å². The first-order valence-corrected chi connectivity index (χ1v) is 8.23. The van der Waals surface area contributed by atoms with Crippen LogP contribution in [0.15, 0.2) is 34.8 Å². The van der Waals surface area contributed by atoms with Crippen LogP contribution < -0.4 is 4.74 Å². The molecule has 0 spiro atoms. The third kappa shape index (κ3) is 4.68. The van der Waals surface area contributed by atoms with Gasteiger partial charge in [-0.05, 0) is 42.3 Å². The molecule has 2 rings (SSSR count). The van der Waals surface area contributed by atoms with Crippen LogP contribution in [0.5, 0.6) is 5.75 Å². The van der Waals surface area contributed by atoms with Crippen molar-refractivity contribution in [2.75, 3.05) is 6.61 Å². The molecule has 0 N–H and O–H groups in total. The fourth-order valence-electron chi connectivity index (χ4n) is 1.86. The molecule has 0 amide bonds. The quantitative estimate of drug-likeness (QED) is 0.586. The third-order valence-corrected chi connectivity index (χ3v) is 3.68. The van der Waals surface area contributed by atoms with Crippen molar-refractivity contribution in [3.8, 4) is 5.75 Å². The Labute approximate surface area is 143 Å². The summed E-state index contributed by atoms with van der Waals surface area (Å²) in [7, 11) is 0. The number of hydrogen-bond donors (Lipinski definition) is 0. The fraction of sp³-hybridized carbons (Fsp3) is 0.294. The maximum absolute atomic E-state index is 14.0. The number of benzene rings is 2. The molecule has 0 aliphatic heterocycles. The highest BCUT2D eigenvalue weighted by Crippen LogP contribution is 2.28. The van der Waals surface area contributed by atoms with E-state index in [9.17, 15) is 8.78 Å². The normalized spacial score (nSPS) is 9.95. The van der Waals surface area contributed by atoms with Gasteiger partial charge in [-0.15, -0.1) is 0 Å². The molecule has 22 heavy (non-hydrogen) atoms. The minimum absolute atomic E-state index is 0.0749. The lowest BCUT2D eigenvalue weighted by Gasteiger charge is -2.10. The van der Waals surface area contributed by atoms with Gasteiger partial charge in [0.1, 0.15) is 0 Å².